The molecule has 0 spiro atoms. The molecular weight excluding hydrogens is 320 g/mol. The van der Waals surface area contributed by atoms with Gasteiger partial charge in [0.25, 0.3) is 0 Å². The summed E-state index contributed by atoms with van der Waals surface area (Å²) in [6.07, 6.45) is 2.16. The van der Waals surface area contributed by atoms with Crippen LogP contribution in [-0.4, -0.2) is 16.7 Å². The van der Waals surface area contributed by atoms with Crippen molar-refractivity contribution in [2.24, 2.45) is 0 Å². The van der Waals surface area contributed by atoms with Gasteiger partial charge in [-0.3, -0.25) is 0 Å². The van der Waals surface area contributed by atoms with E-state index >= 15 is 0 Å². The van der Waals surface area contributed by atoms with Gasteiger partial charge in [-0.2, -0.15) is 0 Å². The summed E-state index contributed by atoms with van der Waals surface area (Å²) in [7, 11) is 1.70. The molecule has 3 aromatic carbocycles. The van der Waals surface area contributed by atoms with E-state index in [-0.39, 0.29) is 0 Å². The fraction of sp³-hybridized carbons (Fsp3) is 0.261. The summed E-state index contributed by atoms with van der Waals surface area (Å²) >= 11 is 0. The molecule has 0 unspecified atom stereocenters. The fourth-order valence-electron chi connectivity index (χ4n) is 3.80. The maximum absolute atomic E-state index is 5.31. The van der Waals surface area contributed by atoms with Crippen molar-refractivity contribution in [2.75, 3.05) is 7.11 Å². The van der Waals surface area contributed by atoms with Crippen LogP contribution in [0.3, 0.4) is 0 Å². The van der Waals surface area contributed by atoms with Gasteiger partial charge in [-0.05, 0) is 48.6 Å². The van der Waals surface area contributed by atoms with Crippen LogP contribution >= 0.6 is 0 Å². The van der Waals surface area contributed by atoms with Crippen molar-refractivity contribution < 1.29 is 4.74 Å². The summed E-state index contributed by atoms with van der Waals surface area (Å²) in [6.45, 7) is 4.50. The molecule has 4 rings (SSSR count). The van der Waals surface area contributed by atoms with E-state index < -0.39 is 0 Å². The number of benzene rings is 3. The molecule has 1 aromatic heterocycles. The predicted molar refractivity (Wildman–Crippen MR) is 109 cm³/mol. The minimum Gasteiger partial charge on any atom is -0.497 e. The summed E-state index contributed by atoms with van der Waals surface area (Å²) in [5, 5.41) is 2.44. The van der Waals surface area contributed by atoms with Crippen molar-refractivity contribution in [3.8, 4) is 17.1 Å². The molecule has 0 saturated heterocycles. The van der Waals surface area contributed by atoms with Crippen LogP contribution in [0.5, 0.6) is 5.75 Å². The van der Waals surface area contributed by atoms with Crippen LogP contribution < -0.4 is 4.74 Å². The molecule has 4 aromatic rings. The average Bonchev–Trinajstić information content (AvgIpc) is 3.09. The van der Waals surface area contributed by atoms with E-state index in [1.807, 2.05) is 12.1 Å². The Hall–Kier alpha value is -2.81. The van der Waals surface area contributed by atoms with Crippen LogP contribution in [-0.2, 0) is 0 Å². The lowest BCUT2D eigenvalue weighted by Crippen LogP contribution is -2.08. The van der Waals surface area contributed by atoms with Crippen LogP contribution in [0.2, 0.25) is 0 Å². The Bertz CT molecular complexity index is 1040. The quantitative estimate of drug-likeness (QED) is 0.429. The highest BCUT2D eigenvalue weighted by molar-refractivity contribution is 6.05. The molecule has 3 nitrogen and oxygen atoms in total. The maximum Gasteiger partial charge on any atom is 0.141 e. The molecule has 26 heavy (non-hydrogen) atoms. The number of aromatic nitrogens is 2. The molecule has 0 saturated carbocycles. The smallest absolute Gasteiger partial charge is 0.141 e. The molecular formula is C23H24N2O. The first kappa shape index (κ1) is 16.6. The third kappa shape index (κ3) is 2.64. The standard InChI is InChI=1S/C23H24N2O/c1-4-18(5-2)25-21-15-12-16-8-6-7-9-20(16)22(21)24-23(25)17-10-13-19(26-3)14-11-17/h6-15,18H,4-5H2,1-3H3. The Labute approximate surface area is 154 Å². The van der Waals surface area contributed by atoms with Crippen LogP contribution in [0, 0.1) is 0 Å². The van der Waals surface area contributed by atoms with Crippen molar-refractivity contribution in [2.45, 2.75) is 32.7 Å². The van der Waals surface area contributed by atoms with Gasteiger partial charge in [0.15, 0.2) is 0 Å². The Morgan fingerprint density at radius 2 is 1.65 bits per heavy atom. The molecule has 0 aliphatic rings. The van der Waals surface area contributed by atoms with Crippen LogP contribution in [0.15, 0.2) is 60.7 Å². The van der Waals surface area contributed by atoms with Gasteiger partial charge in [-0.1, -0.05) is 44.2 Å². The third-order valence-corrected chi connectivity index (χ3v) is 5.24. The van der Waals surface area contributed by atoms with Gasteiger partial charge in [0.05, 0.1) is 18.1 Å². The summed E-state index contributed by atoms with van der Waals surface area (Å²) in [6, 6.07) is 21.5. The number of ether oxygens (including phenoxy) is 1. The molecule has 0 aliphatic heterocycles. The third-order valence-electron chi connectivity index (χ3n) is 5.24. The van der Waals surface area contributed by atoms with E-state index in [0.29, 0.717) is 6.04 Å². The SMILES string of the molecule is CCC(CC)n1c(-c2ccc(OC)cc2)nc2c3ccccc3ccc21. The number of rotatable bonds is 5. The van der Waals surface area contributed by atoms with Crippen molar-refractivity contribution in [3.05, 3.63) is 60.7 Å². The highest BCUT2D eigenvalue weighted by Gasteiger charge is 2.19. The maximum atomic E-state index is 5.31. The Balaban J connectivity index is 2.03. The minimum absolute atomic E-state index is 0.429. The summed E-state index contributed by atoms with van der Waals surface area (Å²) in [4.78, 5) is 5.11. The number of fused-ring (bicyclic) bond motifs is 3. The Morgan fingerprint density at radius 3 is 2.35 bits per heavy atom. The Morgan fingerprint density at radius 1 is 0.923 bits per heavy atom. The zero-order valence-electron chi connectivity index (χ0n) is 15.6. The number of hydrogen-bond donors (Lipinski definition) is 0. The molecule has 0 radical (unpaired) electrons. The first-order valence-electron chi connectivity index (χ1n) is 9.31. The molecule has 3 heteroatoms. The van der Waals surface area contributed by atoms with Crippen molar-refractivity contribution in [1.29, 1.82) is 0 Å². The van der Waals surface area contributed by atoms with E-state index in [0.717, 1.165) is 35.5 Å². The van der Waals surface area contributed by atoms with E-state index in [4.69, 9.17) is 9.72 Å². The summed E-state index contributed by atoms with van der Waals surface area (Å²) in [5.41, 5.74) is 3.42. The van der Waals surface area contributed by atoms with Crippen molar-refractivity contribution in [3.63, 3.8) is 0 Å². The second-order valence-corrected chi connectivity index (χ2v) is 6.66. The lowest BCUT2D eigenvalue weighted by Gasteiger charge is -2.19. The molecule has 0 fully saturated rings. The largest absolute Gasteiger partial charge is 0.497 e. The van der Waals surface area contributed by atoms with Crippen LogP contribution in [0.25, 0.3) is 33.2 Å². The van der Waals surface area contributed by atoms with Crippen molar-refractivity contribution >= 4 is 21.8 Å². The van der Waals surface area contributed by atoms with Gasteiger partial charge in [0.2, 0.25) is 0 Å². The van der Waals surface area contributed by atoms with E-state index in [2.05, 4.69) is 66.9 Å². The highest BCUT2D eigenvalue weighted by Crippen LogP contribution is 2.35. The number of nitrogens with zero attached hydrogens (tertiary/aromatic N) is 2. The minimum atomic E-state index is 0.429. The van der Waals surface area contributed by atoms with E-state index in [9.17, 15) is 0 Å². The highest BCUT2D eigenvalue weighted by atomic mass is 16.5. The lowest BCUT2D eigenvalue weighted by atomic mass is 10.1. The summed E-state index contributed by atoms with van der Waals surface area (Å²) < 4.78 is 7.73. The fourth-order valence-corrected chi connectivity index (χ4v) is 3.80. The summed E-state index contributed by atoms with van der Waals surface area (Å²) in [5.74, 6) is 1.90. The van der Waals surface area contributed by atoms with Gasteiger partial charge in [0.1, 0.15) is 11.6 Å². The van der Waals surface area contributed by atoms with Crippen LogP contribution in [0.1, 0.15) is 32.7 Å². The topological polar surface area (TPSA) is 27.1 Å². The van der Waals surface area contributed by atoms with Gasteiger partial charge in [0, 0.05) is 17.0 Å². The predicted octanol–water partition coefficient (Wildman–Crippen LogP) is 6.23. The lowest BCUT2D eigenvalue weighted by molar-refractivity contribution is 0.415. The average molecular weight is 344 g/mol. The van der Waals surface area contributed by atoms with E-state index in [1.54, 1.807) is 7.11 Å². The second kappa shape index (κ2) is 6.83. The normalized spacial score (nSPS) is 11.5. The molecule has 132 valence electrons. The number of hydrogen-bond acceptors (Lipinski definition) is 2. The first-order valence-corrected chi connectivity index (χ1v) is 9.31. The van der Waals surface area contributed by atoms with Gasteiger partial charge >= 0.3 is 0 Å². The van der Waals surface area contributed by atoms with Crippen LogP contribution in [0.4, 0.5) is 0 Å². The second-order valence-electron chi connectivity index (χ2n) is 6.66. The molecule has 0 aliphatic carbocycles. The zero-order chi connectivity index (χ0) is 18.1. The number of imidazole rings is 1. The Kier molecular flexibility index (Phi) is 4.37. The van der Waals surface area contributed by atoms with Gasteiger partial charge in [-0.25, -0.2) is 4.98 Å². The molecule has 0 N–H and O–H groups in total. The van der Waals surface area contributed by atoms with Gasteiger partial charge < -0.3 is 9.30 Å². The monoisotopic (exact) mass is 344 g/mol. The zero-order valence-corrected chi connectivity index (χ0v) is 15.6. The van der Waals surface area contributed by atoms with E-state index in [1.165, 1.54) is 16.3 Å². The van der Waals surface area contributed by atoms with Crippen molar-refractivity contribution in [1.82, 2.24) is 9.55 Å². The molecule has 0 atom stereocenters. The molecule has 0 amide bonds. The molecule has 1 heterocycles. The number of methoxy groups -OCH3 is 1. The first-order chi connectivity index (χ1) is 12.8. The van der Waals surface area contributed by atoms with Gasteiger partial charge in [-0.15, -0.1) is 0 Å². The molecule has 0 bridgehead atoms.